The first-order valence-electron chi connectivity index (χ1n) is 10.2. The molecule has 5 aromatic rings. The fourth-order valence-corrected chi connectivity index (χ4v) is 6.85. The molecule has 0 spiro atoms. The maximum absolute atomic E-state index is 13.8. The molecule has 0 atom stereocenters. The summed E-state index contributed by atoms with van der Waals surface area (Å²) in [5.41, 5.74) is 2.54. The van der Waals surface area contributed by atoms with Crippen molar-refractivity contribution in [3.05, 3.63) is 84.6 Å². The molecule has 0 aliphatic heterocycles. The van der Waals surface area contributed by atoms with Gasteiger partial charge < -0.3 is 0 Å². The van der Waals surface area contributed by atoms with Crippen LogP contribution in [0, 0.1) is 11.6 Å². The summed E-state index contributed by atoms with van der Waals surface area (Å²) in [5.74, 6) is -1.14. The van der Waals surface area contributed by atoms with Gasteiger partial charge in [0, 0.05) is 22.7 Å². The maximum atomic E-state index is 13.8. The number of fused-ring (bicyclic) bond motifs is 2. The van der Waals surface area contributed by atoms with E-state index < -0.39 is 19.7 Å². The summed E-state index contributed by atoms with van der Waals surface area (Å²) in [4.78, 5) is 5.55. The zero-order valence-electron chi connectivity index (χ0n) is 17.5. The molecule has 0 unspecified atom stereocenters. The number of hydrogen-bond acceptors (Lipinski definition) is 2. The van der Waals surface area contributed by atoms with E-state index in [1.54, 1.807) is 0 Å². The van der Waals surface area contributed by atoms with Crippen molar-refractivity contribution >= 4 is 45.5 Å². The van der Waals surface area contributed by atoms with Gasteiger partial charge in [0.1, 0.15) is 11.6 Å². The maximum Gasteiger partial charge on any atom is 0.126 e. The molecule has 5 heteroatoms. The van der Waals surface area contributed by atoms with Crippen molar-refractivity contribution in [2.75, 3.05) is 0 Å². The highest BCUT2D eigenvalue weighted by molar-refractivity contribution is 7.22. The Morgan fingerprint density at radius 2 is 1.52 bits per heavy atom. The third-order valence-corrected chi connectivity index (χ3v) is 8.76. The van der Waals surface area contributed by atoms with Crippen LogP contribution < -0.4 is 5.19 Å². The first kappa shape index (κ1) is 20.0. The number of rotatable bonds is 3. The number of halogens is 2. The summed E-state index contributed by atoms with van der Waals surface area (Å²) >= 11 is 1.52. The molecule has 0 radical (unpaired) electrons. The van der Waals surface area contributed by atoms with E-state index >= 15 is 0 Å². The lowest BCUT2D eigenvalue weighted by Crippen LogP contribution is -2.38. The second kappa shape index (κ2) is 7.36. The van der Waals surface area contributed by atoms with Gasteiger partial charge in [0.15, 0.2) is 0 Å². The van der Waals surface area contributed by atoms with Crippen LogP contribution in [0.15, 0.2) is 72.9 Å². The number of thiophene rings is 1. The summed E-state index contributed by atoms with van der Waals surface area (Å²) in [6, 6.07) is 20.6. The molecule has 5 rings (SSSR count). The fraction of sp³-hybridized carbons (Fsp3) is 0.115. The van der Waals surface area contributed by atoms with Crippen molar-refractivity contribution in [3.8, 4) is 21.7 Å². The van der Waals surface area contributed by atoms with Crippen LogP contribution in [-0.4, -0.2) is 13.1 Å². The molecular weight excluding hydrogens is 424 g/mol. The van der Waals surface area contributed by atoms with Crippen LogP contribution in [0.3, 0.4) is 0 Å². The monoisotopic (exact) mass is 445 g/mol. The minimum Gasteiger partial charge on any atom is -0.255 e. The van der Waals surface area contributed by atoms with Crippen molar-refractivity contribution in [1.29, 1.82) is 0 Å². The first-order chi connectivity index (χ1) is 14.8. The van der Waals surface area contributed by atoms with Crippen molar-refractivity contribution in [1.82, 2.24) is 4.98 Å². The van der Waals surface area contributed by atoms with Crippen molar-refractivity contribution in [2.24, 2.45) is 0 Å². The molecule has 31 heavy (non-hydrogen) atoms. The second-order valence-electron chi connectivity index (χ2n) is 8.84. The number of benzene rings is 3. The molecule has 1 nitrogen and oxygen atoms in total. The van der Waals surface area contributed by atoms with Crippen molar-refractivity contribution < 1.29 is 8.78 Å². The molecule has 0 aliphatic carbocycles. The van der Waals surface area contributed by atoms with Crippen LogP contribution >= 0.6 is 11.3 Å². The summed E-state index contributed by atoms with van der Waals surface area (Å²) in [5, 5.41) is 4.95. The van der Waals surface area contributed by atoms with Crippen LogP contribution in [0.4, 0.5) is 8.78 Å². The summed E-state index contributed by atoms with van der Waals surface area (Å²) < 4.78 is 28.6. The zero-order valence-corrected chi connectivity index (χ0v) is 19.4. The van der Waals surface area contributed by atoms with E-state index in [1.807, 2.05) is 18.3 Å². The van der Waals surface area contributed by atoms with Crippen LogP contribution in [0.5, 0.6) is 0 Å². The zero-order chi connectivity index (χ0) is 21.8. The van der Waals surface area contributed by atoms with Gasteiger partial charge in [0.25, 0.3) is 0 Å². The van der Waals surface area contributed by atoms with Gasteiger partial charge in [-0.3, -0.25) is 4.98 Å². The van der Waals surface area contributed by atoms with Crippen molar-refractivity contribution in [3.63, 3.8) is 0 Å². The van der Waals surface area contributed by atoms with Gasteiger partial charge in [0.2, 0.25) is 0 Å². The highest BCUT2D eigenvalue weighted by Crippen LogP contribution is 2.39. The summed E-state index contributed by atoms with van der Waals surface area (Å²) in [6.07, 6.45) is 1.81. The van der Waals surface area contributed by atoms with E-state index in [2.05, 4.69) is 56.0 Å². The van der Waals surface area contributed by atoms with Crippen molar-refractivity contribution in [2.45, 2.75) is 19.6 Å². The lowest BCUT2D eigenvalue weighted by Gasteiger charge is -2.21. The number of pyridine rings is 1. The van der Waals surface area contributed by atoms with Gasteiger partial charge in [-0.1, -0.05) is 55.2 Å². The molecule has 2 aromatic heterocycles. The highest BCUT2D eigenvalue weighted by Gasteiger charge is 2.21. The molecule has 0 saturated heterocycles. The third-order valence-electron chi connectivity index (χ3n) is 5.52. The number of nitrogens with zero attached hydrogens (tertiary/aromatic N) is 1. The van der Waals surface area contributed by atoms with E-state index in [9.17, 15) is 8.78 Å². The summed E-state index contributed by atoms with van der Waals surface area (Å²) in [6.45, 7) is 7.07. The van der Waals surface area contributed by atoms with E-state index in [0.717, 1.165) is 32.3 Å². The SMILES string of the molecule is C[Si](C)(C)c1cc(-c2nccc3cc(-c4cc(F)cc(F)c4)sc23)cc2ccccc12. The Morgan fingerprint density at radius 1 is 0.774 bits per heavy atom. The Balaban J connectivity index is 1.74. The van der Waals surface area contributed by atoms with Gasteiger partial charge in [-0.05, 0) is 52.1 Å². The molecule has 0 fully saturated rings. The quantitative estimate of drug-likeness (QED) is 0.260. The molecule has 0 bridgehead atoms. The van der Waals surface area contributed by atoms with Gasteiger partial charge in [-0.25, -0.2) is 8.78 Å². The molecule has 0 amide bonds. The van der Waals surface area contributed by atoms with Crippen LogP contribution in [-0.2, 0) is 0 Å². The third kappa shape index (κ3) is 3.68. The Hall–Kier alpha value is -2.89. The fourth-order valence-electron chi connectivity index (χ4n) is 4.08. The Kier molecular flexibility index (Phi) is 4.76. The van der Waals surface area contributed by atoms with Crippen LogP contribution in [0.25, 0.3) is 42.6 Å². The molecule has 2 heterocycles. The molecular formula is C26H21F2NSSi. The minimum atomic E-state index is -1.60. The van der Waals surface area contributed by atoms with Gasteiger partial charge in [0.05, 0.1) is 18.5 Å². The first-order valence-corrected chi connectivity index (χ1v) is 14.5. The van der Waals surface area contributed by atoms with Gasteiger partial charge in [-0.15, -0.1) is 11.3 Å². The number of aromatic nitrogens is 1. The Bertz CT molecular complexity index is 1430. The normalized spacial score (nSPS) is 12.0. The lowest BCUT2D eigenvalue weighted by molar-refractivity contribution is 0.584. The van der Waals surface area contributed by atoms with E-state index in [4.69, 9.17) is 4.98 Å². The smallest absolute Gasteiger partial charge is 0.126 e. The molecule has 0 N–H and O–H groups in total. The van der Waals surface area contributed by atoms with E-state index in [0.29, 0.717) is 5.56 Å². The van der Waals surface area contributed by atoms with Crippen LogP contribution in [0.1, 0.15) is 0 Å². The molecule has 3 aromatic carbocycles. The summed E-state index contributed by atoms with van der Waals surface area (Å²) in [7, 11) is -1.60. The van der Waals surface area contributed by atoms with Gasteiger partial charge in [-0.2, -0.15) is 0 Å². The molecule has 0 saturated carbocycles. The standard InChI is InChI=1S/C26H21F2NSSi/c1-31(2,3)24-14-19(10-16-6-4-5-7-22(16)24)25-26-17(8-9-29-25)13-23(30-26)18-11-20(27)15-21(28)12-18/h4-15H,1-3H3. The lowest BCUT2D eigenvalue weighted by atomic mass is 10.0. The predicted molar refractivity (Wildman–Crippen MR) is 131 cm³/mol. The predicted octanol–water partition coefficient (Wildman–Crippen LogP) is 7.61. The average Bonchev–Trinajstić information content (AvgIpc) is 3.16. The largest absolute Gasteiger partial charge is 0.255 e. The topological polar surface area (TPSA) is 12.9 Å². The Morgan fingerprint density at radius 3 is 2.26 bits per heavy atom. The Labute approximate surface area is 185 Å². The highest BCUT2D eigenvalue weighted by atomic mass is 32.1. The minimum absolute atomic E-state index is 0.547. The molecule has 154 valence electrons. The second-order valence-corrected chi connectivity index (χ2v) is 14.9. The van der Waals surface area contributed by atoms with Crippen LogP contribution in [0.2, 0.25) is 19.6 Å². The molecule has 0 aliphatic rings. The van der Waals surface area contributed by atoms with E-state index in [1.165, 1.54) is 39.4 Å². The van der Waals surface area contributed by atoms with E-state index in [-0.39, 0.29) is 0 Å². The number of hydrogen-bond donors (Lipinski definition) is 0. The average molecular weight is 446 g/mol. The van der Waals surface area contributed by atoms with Gasteiger partial charge >= 0.3 is 0 Å².